The number of nitrogens with one attached hydrogen (secondary N) is 1. The minimum absolute atomic E-state index is 0.0277. The molecule has 1 aromatic carbocycles. The van der Waals surface area contributed by atoms with Crippen LogP contribution >= 0.6 is 0 Å². The summed E-state index contributed by atoms with van der Waals surface area (Å²) in [4.78, 5) is 33.8. The van der Waals surface area contributed by atoms with Crippen molar-refractivity contribution >= 4 is 23.5 Å². The molecule has 1 unspecified atom stereocenters. The monoisotopic (exact) mass is 284 g/mol. The number of halogens is 1. The van der Waals surface area contributed by atoms with Crippen molar-refractivity contribution in [1.29, 1.82) is 0 Å². The Kier molecular flexibility index (Phi) is 5.15. The van der Waals surface area contributed by atoms with Crippen molar-refractivity contribution in [2.24, 2.45) is 5.73 Å². The quantitative estimate of drug-likeness (QED) is 0.530. The second-order valence-corrected chi connectivity index (χ2v) is 3.69. The van der Waals surface area contributed by atoms with Gasteiger partial charge in [-0.1, -0.05) is 6.07 Å². The minimum Gasteiger partial charge on any atom is -0.478 e. The molecule has 1 aromatic rings. The largest absolute Gasteiger partial charge is 0.478 e. The minimum atomic E-state index is -1.67. The van der Waals surface area contributed by atoms with E-state index in [4.69, 9.17) is 10.8 Å². The molecular formula is C12H13FN2O5. The molecule has 0 aliphatic heterocycles. The number of para-hydroxylation sites is 1. The molecule has 0 fully saturated rings. The zero-order valence-electron chi connectivity index (χ0n) is 10.6. The fraction of sp³-hybridized carbons (Fsp3) is 0.250. The average Bonchev–Trinajstić information content (AvgIpc) is 2.39. The van der Waals surface area contributed by atoms with E-state index in [0.29, 0.717) is 0 Å². The number of carbonyl (C=O) groups excluding carboxylic acids is 2. The number of anilines is 1. The number of esters is 1. The predicted octanol–water partition coefficient (Wildman–Crippen LogP) is 0.353. The highest BCUT2D eigenvalue weighted by atomic mass is 19.1. The van der Waals surface area contributed by atoms with E-state index in [-0.39, 0.29) is 6.61 Å². The van der Waals surface area contributed by atoms with Crippen molar-refractivity contribution in [3.63, 3.8) is 0 Å². The van der Waals surface area contributed by atoms with Crippen LogP contribution in [0.15, 0.2) is 18.2 Å². The van der Waals surface area contributed by atoms with Gasteiger partial charge in [-0.3, -0.25) is 4.79 Å². The lowest BCUT2D eigenvalue weighted by molar-refractivity contribution is -0.146. The Balaban J connectivity index is 2.96. The molecule has 0 aliphatic rings. The van der Waals surface area contributed by atoms with Gasteiger partial charge in [0.2, 0.25) is 0 Å². The highest BCUT2D eigenvalue weighted by Gasteiger charge is 2.26. The van der Waals surface area contributed by atoms with Gasteiger partial charge in [0, 0.05) is 0 Å². The molecule has 0 aromatic heterocycles. The Morgan fingerprint density at radius 3 is 2.65 bits per heavy atom. The van der Waals surface area contributed by atoms with Gasteiger partial charge in [0.1, 0.15) is 5.82 Å². The zero-order chi connectivity index (χ0) is 15.3. The van der Waals surface area contributed by atoms with E-state index < -0.39 is 41.0 Å². The van der Waals surface area contributed by atoms with E-state index >= 15 is 0 Å². The fourth-order valence-electron chi connectivity index (χ4n) is 1.37. The summed E-state index contributed by atoms with van der Waals surface area (Å²) in [6, 6.07) is 1.59. The first kappa shape index (κ1) is 15.6. The second-order valence-electron chi connectivity index (χ2n) is 3.69. The summed E-state index contributed by atoms with van der Waals surface area (Å²) in [7, 11) is 0. The smallest absolute Gasteiger partial charge is 0.337 e. The van der Waals surface area contributed by atoms with Crippen LogP contribution in [0.1, 0.15) is 17.3 Å². The van der Waals surface area contributed by atoms with Crippen LogP contribution in [0.3, 0.4) is 0 Å². The Morgan fingerprint density at radius 2 is 2.10 bits per heavy atom. The number of carboxylic acids is 1. The summed E-state index contributed by atoms with van der Waals surface area (Å²) in [5, 5.41) is 10.9. The predicted molar refractivity (Wildman–Crippen MR) is 66.6 cm³/mol. The maximum atomic E-state index is 13.5. The number of ether oxygens (including phenoxy) is 1. The van der Waals surface area contributed by atoms with Crippen LogP contribution in [-0.4, -0.2) is 35.6 Å². The number of hydrogen-bond acceptors (Lipinski definition) is 5. The molecule has 1 atom stereocenters. The van der Waals surface area contributed by atoms with Gasteiger partial charge in [0.25, 0.3) is 5.91 Å². The SMILES string of the molecule is CCOC(=O)C(N)C(=O)Nc1c(F)cccc1C(=O)O. The number of aromatic carboxylic acids is 1. The molecule has 0 saturated heterocycles. The first-order valence-corrected chi connectivity index (χ1v) is 5.63. The fourth-order valence-corrected chi connectivity index (χ4v) is 1.37. The van der Waals surface area contributed by atoms with Gasteiger partial charge in [-0.05, 0) is 19.1 Å². The topological polar surface area (TPSA) is 119 Å². The Bertz CT molecular complexity index is 547. The molecule has 0 bridgehead atoms. The molecule has 20 heavy (non-hydrogen) atoms. The summed E-state index contributed by atoms with van der Waals surface area (Å²) in [5.41, 5.74) is 4.31. The van der Waals surface area contributed by atoms with Gasteiger partial charge in [-0.25, -0.2) is 14.0 Å². The van der Waals surface area contributed by atoms with Crippen molar-refractivity contribution in [3.8, 4) is 0 Å². The van der Waals surface area contributed by atoms with Crippen LogP contribution in [0.5, 0.6) is 0 Å². The van der Waals surface area contributed by atoms with E-state index in [1.165, 1.54) is 13.0 Å². The van der Waals surface area contributed by atoms with Crippen LogP contribution in [0, 0.1) is 5.82 Å². The third-order valence-corrected chi connectivity index (χ3v) is 2.32. The Morgan fingerprint density at radius 1 is 1.45 bits per heavy atom. The molecule has 0 saturated carbocycles. The van der Waals surface area contributed by atoms with E-state index in [1.807, 2.05) is 5.32 Å². The van der Waals surface area contributed by atoms with Gasteiger partial charge in [-0.2, -0.15) is 0 Å². The highest BCUT2D eigenvalue weighted by Crippen LogP contribution is 2.20. The molecule has 1 rings (SSSR count). The molecular weight excluding hydrogens is 271 g/mol. The van der Waals surface area contributed by atoms with Crippen LogP contribution < -0.4 is 11.1 Å². The normalized spacial score (nSPS) is 11.6. The van der Waals surface area contributed by atoms with E-state index in [2.05, 4.69) is 4.74 Å². The van der Waals surface area contributed by atoms with Crippen molar-refractivity contribution in [1.82, 2.24) is 0 Å². The molecule has 8 heteroatoms. The van der Waals surface area contributed by atoms with Gasteiger partial charge < -0.3 is 20.9 Å². The molecule has 108 valence electrons. The lowest BCUT2D eigenvalue weighted by atomic mass is 10.1. The Labute approximate surface area is 113 Å². The standard InChI is InChI=1S/C12H13FN2O5/c1-2-20-12(19)8(14)10(16)15-9-6(11(17)18)4-3-5-7(9)13/h3-5,8H,2,14H2,1H3,(H,15,16)(H,17,18). The number of rotatable bonds is 5. The Hall–Kier alpha value is -2.48. The second kappa shape index (κ2) is 6.62. The van der Waals surface area contributed by atoms with Crippen LogP contribution in [0.4, 0.5) is 10.1 Å². The van der Waals surface area contributed by atoms with E-state index in [1.54, 1.807) is 0 Å². The first-order valence-electron chi connectivity index (χ1n) is 5.63. The van der Waals surface area contributed by atoms with Crippen molar-refractivity contribution in [2.45, 2.75) is 13.0 Å². The number of carbonyl (C=O) groups is 3. The van der Waals surface area contributed by atoms with Crippen LogP contribution in [-0.2, 0) is 14.3 Å². The maximum absolute atomic E-state index is 13.5. The first-order chi connectivity index (χ1) is 9.38. The van der Waals surface area contributed by atoms with Crippen molar-refractivity contribution in [2.75, 3.05) is 11.9 Å². The maximum Gasteiger partial charge on any atom is 0.337 e. The lowest BCUT2D eigenvalue weighted by Crippen LogP contribution is -2.43. The lowest BCUT2D eigenvalue weighted by Gasteiger charge is -2.13. The van der Waals surface area contributed by atoms with Gasteiger partial charge >= 0.3 is 11.9 Å². The van der Waals surface area contributed by atoms with Gasteiger partial charge in [0.15, 0.2) is 6.04 Å². The number of carboxylic acid groups (broad SMARTS) is 1. The summed E-state index contributed by atoms with van der Waals surface area (Å²) < 4.78 is 18.1. The average molecular weight is 284 g/mol. The molecule has 0 heterocycles. The summed E-state index contributed by atoms with van der Waals surface area (Å²) in [6.07, 6.45) is 0. The number of amides is 1. The van der Waals surface area contributed by atoms with Gasteiger partial charge in [-0.15, -0.1) is 0 Å². The molecule has 0 aliphatic carbocycles. The number of nitrogens with two attached hydrogens (primary N) is 1. The molecule has 0 radical (unpaired) electrons. The zero-order valence-corrected chi connectivity index (χ0v) is 10.6. The summed E-state index contributed by atoms with van der Waals surface area (Å²) >= 11 is 0. The molecule has 7 nitrogen and oxygen atoms in total. The summed E-state index contributed by atoms with van der Waals surface area (Å²) in [5.74, 6) is -4.42. The molecule has 1 amide bonds. The highest BCUT2D eigenvalue weighted by molar-refractivity contribution is 6.10. The van der Waals surface area contributed by atoms with Crippen molar-refractivity contribution in [3.05, 3.63) is 29.6 Å². The summed E-state index contributed by atoms with van der Waals surface area (Å²) in [6.45, 7) is 1.56. The third kappa shape index (κ3) is 3.51. The molecule has 4 N–H and O–H groups in total. The van der Waals surface area contributed by atoms with Crippen LogP contribution in [0.25, 0.3) is 0 Å². The number of benzene rings is 1. The number of hydrogen-bond donors (Lipinski definition) is 3. The van der Waals surface area contributed by atoms with Crippen molar-refractivity contribution < 1.29 is 28.6 Å². The van der Waals surface area contributed by atoms with E-state index in [0.717, 1.165) is 12.1 Å². The van der Waals surface area contributed by atoms with E-state index in [9.17, 15) is 18.8 Å². The van der Waals surface area contributed by atoms with Crippen LogP contribution in [0.2, 0.25) is 0 Å². The molecule has 0 spiro atoms. The third-order valence-electron chi connectivity index (χ3n) is 2.32. The van der Waals surface area contributed by atoms with Gasteiger partial charge in [0.05, 0.1) is 17.9 Å².